The van der Waals surface area contributed by atoms with Gasteiger partial charge in [-0.1, -0.05) is 12.1 Å². The zero-order valence-corrected chi connectivity index (χ0v) is 10.7. The molecule has 86 valence electrons. The summed E-state index contributed by atoms with van der Waals surface area (Å²) in [6, 6.07) is 9.48. The second-order valence-corrected chi connectivity index (χ2v) is 5.72. The number of aliphatic hydroxyl groups excluding tert-OH is 1. The fourth-order valence-electron chi connectivity index (χ4n) is 3.20. The number of piperidine rings is 1. The van der Waals surface area contributed by atoms with E-state index < -0.39 is 0 Å². The van der Waals surface area contributed by atoms with Crippen LogP contribution < -0.4 is 4.90 Å². The van der Waals surface area contributed by atoms with Crippen molar-refractivity contribution in [1.82, 2.24) is 0 Å². The van der Waals surface area contributed by atoms with Crippen LogP contribution in [0.1, 0.15) is 25.7 Å². The molecule has 3 rings (SSSR count). The lowest BCUT2D eigenvalue weighted by molar-refractivity contribution is 0.126. The fourth-order valence-corrected chi connectivity index (χ4v) is 3.69. The van der Waals surface area contributed by atoms with E-state index in [4.69, 9.17) is 0 Å². The minimum absolute atomic E-state index is 0.0868. The lowest BCUT2D eigenvalue weighted by Crippen LogP contribution is -2.44. The van der Waals surface area contributed by atoms with Crippen LogP contribution in [0.25, 0.3) is 0 Å². The van der Waals surface area contributed by atoms with Gasteiger partial charge in [0.1, 0.15) is 0 Å². The van der Waals surface area contributed by atoms with Crippen molar-refractivity contribution in [2.24, 2.45) is 0 Å². The average Bonchev–Trinajstić information content (AvgIpc) is 2.53. The molecule has 2 fully saturated rings. The number of nitrogens with zero attached hydrogens (tertiary/aromatic N) is 1. The molecule has 1 N–H and O–H groups in total. The number of para-hydroxylation sites is 1. The van der Waals surface area contributed by atoms with Gasteiger partial charge in [0, 0.05) is 16.6 Å². The van der Waals surface area contributed by atoms with Crippen molar-refractivity contribution >= 4 is 21.6 Å². The molecule has 1 aromatic carbocycles. The predicted octanol–water partition coefficient (Wildman–Crippen LogP) is 2.94. The Labute approximate surface area is 104 Å². The van der Waals surface area contributed by atoms with Gasteiger partial charge in [0.2, 0.25) is 0 Å². The van der Waals surface area contributed by atoms with Crippen molar-refractivity contribution < 1.29 is 5.11 Å². The van der Waals surface area contributed by atoms with E-state index in [-0.39, 0.29) is 6.10 Å². The van der Waals surface area contributed by atoms with Crippen LogP contribution in [-0.4, -0.2) is 23.3 Å². The zero-order valence-electron chi connectivity index (χ0n) is 9.14. The van der Waals surface area contributed by atoms with Gasteiger partial charge >= 0.3 is 0 Å². The Hall–Kier alpha value is -0.540. The van der Waals surface area contributed by atoms with Gasteiger partial charge in [-0.3, -0.25) is 0 Å². The summed E-state index contributed by atoms with van der Waals surface area (Å²) in [5, 5.41) is 9.79. The summed E-state index contributed by atoms with van der Waals surface area (Å²) < 4.78 is 1.17. The number of benzene rings is 1. The normalized spacial score (nSPS) is 33.1. The largest absolute Gasteiger partial charge is 0.393 e. The van der Waals surface area contributed by atoms with E-state index in [2.05, 4.69) is 39.0 Å². The Morgan fingerprint density at radius 1 is 1.12 bits per heavy atom. The molecule has 2 atom stereocenters. The van der Waals surface area contributed by atoms with Gasteiger partial charge in [-0.25, -0.2) is 0 Å². The lowest BCUT2D eigenvalue weighted by atomic mass is 9.99. The van der Waals surface area contributed by atoms with Gasteiger partial charge in [0.05, 0.1) is 11.8 Å². The van der Waals surface area contributed by atoms with Gasteiger partial charge in [-0.15, -0.1) is 0 Å². The van der Waals surface area contributed by atoms with Crippen LogP contribution in [0.2, 0.25) is 0 Å². The highest BCUT2D eigenvalue weighted by atomic mass is 79.9. The van der Waals surface area contributed by atoms with Crippen LogP contribution >= 0.6 is 15.9 Å². The van der Waals surface area contributed by atoms with Crippen LogP contribution in [0.15, 0.2) is 28.7 Å². The van der Waals surface area contributed by atoms with Gasteiger partial charge in [-0.05, 0) is 53.7 Å². The van der Waals surface area contributed by atoms with E-state index >= 15 is 0 Å². The maximum Gasteiger partial charge on any atom is 0.0579 e. The van der Waals surface area contributed by atoms with E-state index in [0.29, 0.717) is 12.1 Å². The van der Waals surface area contributed by atoms with Crippen molar-refractivity contribution in [3.05, 3.63) is 28.7 Å². The molecule has 2 unspecified atom stereocenters. The molecule has 16 heavy (non-hydrogen) atoms. The molecule has 2 bridgehead atoms. The van der Waals surface area contributed by atoms with E-state index in [0.717, 1.165) is 12.8 Å². The monoisotopic (exact) mass is 281 g/mol. The molecule has 3 heteroatoms. The minimum atomic E-state index is -0.0868. The molecule has 0 radical (unpaired) electrons. The Balaban J connectivity index is 1.94. The van der Waals surface area contributed by atoms with Crippen molar-refractivity contribution in [3.63, 3.8) is 0 Å². The van der Waals surface area contributed by atoms with E-state index in [1.54, 1.807) is 0 Å². The smallest absolute Gasteiger partial charge is 0.0579 e. The van der Waals surface area contributed by atoms with Crippen LogP contribution in [0, 0.1) is 0 Å². The van der Waals surface area contributed by atoms with Gasteiger partial charge in [0.25, 0.3) is 0 Å². The fraction of sp³-hybridized carbons (Fsp3) is 0.538. The average molecular weight is 282 g/mol. The molecule has 2 saturated heterocycles. The quantitative estimate of drug-likeness (QED) is 0.856. The minimum Gasteiger partial charge on any atom is -0.393 e. The summed E-state index contributed by atoms with van der Waals surface area (Å²) in [5.41, 5.74) is 1.29. The molecule has 0 amide bonds. The van der Waals surface area contributed by atoms with Crippen molar-refractivity contribution in [2.75, 3.05) is 4.90 Å². The highest BCUT2D eigenvalue weighted by Crippen LogP contribution is 2.41. The molecular weight excluding hydrogens is 266 g/mol. The predicted molar refractivity (Wildman–Crippen MR) is 68.7 cm³/mol. The van der Waals surface area contributed by atoms with Crippen molar-refractivity contribution in [3.8, 4) is 0 Å². The Morgan fingerprint density at radius 2 is 1.75 bits per heavy atom. The van der Waals surface area contributed by atoms with E-state index in [9.17, 15) is 5.11 Å². The lowest BCUT2D eigenvalue weighted by Gasteiger charge is -2.39. The third-order valence-electron chi connectivity index (χ3n) is 3.84. The Morgan fingerprint density at radius 3 is 2.38 bits per heavy atom. The highest BCUT2D eigenvalue weighted by Gasteiger charge is 2.40. The maximum absolute atomic E-state index is 9.79. The molecule has 1 aromatic rings. The Bertz CT molecular complexity index is 381. The second-order valence-electron chi connectivity index (χ2n) is 4.87. The number of fused-ring (bicyclic) bond motifs is 2. The molecule has 2 heterocycles. The van der Waals surface area contributed by atoms with Crippen molar-refractivity contribution in [1.29, 1.82) is 0 Å². The SMILES string of the molecule is OC1CC2CCC(C1)N2c1ccccc1Br. The topological polar surface area (TPSA) is 23.5 Å². The third kappa shape index (κ3) is 1.66. The molecule has 2 aliphatic heterocycles. The molecule has 0 aromatic heterocycles. The number of anilines is 1. The molecule has 2 aliphatic rings. The standard InChI is InChI=1S/C13H16BrNO/c14-12-3-1-2-4-13(12)15-9-5-6-10(15)8-11(16)7-9/h1-4,9-11,16H,5-8H2. The molecular formula is C13H16BrNO. The molecule has 0 saturated carbocycles. The van der Waals surface area contributed by atoms with E-state index in [1.165, 1.54) is 23.0 Å². The van der Waals surface area contributed by atoms with E-state index in [1.807, 2.05) is 6.07 Å². The summed E-state index contributed by atoms with van der Waals surface area (Å²) in [7, 11) is 0. The zero-order chi connectivity index (χ0) is 11.1. The molecule has 0 spiro atoms. The Kier molecular flexibility index (Phi) is 2.68. The number of rotatable bonds is 1. The summed E-state index contributed by atoms with van der Waals surface area (Å²) in [6.45, 7) is 0. The number of hydrogen-bond acceptors (Lipinski definition) is 2. The van der Waals surface area contributed by atoms with Gasteiger partial charge in [-0.2, -0.15) is 0 Å². The first kappa shape index (κ1) is 10.6. The summed E-state index contributed by atoms with van der Waals surface area (Å²) >= 11 is 3.63. The second kappa shape index (κ2) is 4.04. The van der Waals surface area contributed by atoms with Gasteiger partial charge < -0.3 is 10.0 Å². The highest BCUT2D eigenvalue weighted by molar-refractivity contribution is 9.10. The summed E-state index contributed by atoms with van der Waals surface area (Å²) in [6.07, 6.45) is 4.22. The van der Waals surface area contributed by atoms with Crippen LogP contribution in [0.4, 0.5) is 5.69 Å². The number of aliphatic hydroxyl groups is 1. The third-order valence-corrected chi connectivity index (χ3v) is 4.51. The first-order valence-electron chi connectivity index (χ1n) is 5.96. The summed E-state index contributed by atoms with van der Waals surface area (Å²) in [5.74, 6) is 0. The first-order valence-corrected chi connectivity index (χ1v) is 6.76. The number of halogens is 1. The van der Waals surface area contributed by atoms with Crippen LogP contribution in [0.3, 0.4) is 0 Å². The summed E-state index contributed by atoms with van der Waals surface area (Å²) in [4.78, 5) is 2.51. The van der Waals surface area contributed by atoms with Gasteiger partial charge in [0.15, 0.2) is 0 Å². The molecule has 2 nitrogen and oxygen atoms in total. The molecule has 0 aliphatic carbocycles. The number of hydrogen-bond donors (Lipinski definition) is 1. The first-order chi connectivity index (χ1) is 7.75. The van der Waals surface area contributed by atoms with Crippen molar-refractivity contribution in [2.45, 2.75) is 43.9 Å². The maximum atomic E-state index is 9.79. The van der Waals surface area contributed by atoms with Crippen LogP contribution in [0.5, 0.6) is 0 Å². The van der Waals surface area contributed by atoms with Crippen LogP contribution in [-0.2, 0) is 0 Å².